The van der Waals surface area contributed by atoms with Crippen molar-refractivity contribution in [3.8, 4) is 5.75 Å². The van der Waals surface area contributed by atoms with Gasteiger partial charge in [0, 0.05) is 12.3 Å². The number of aromatic nitrogens is 1. The maximum Gasteiger partial charge on any atom is 0.425 e. The molecule has 1 aromatic heterocycles. The molecule has 0 aliphatic carbocycles. The van der Waals surface area contributed by atoms with E-state index in [9.17, 15) is 22.4 Å². The molecule has 10 heteroatoms. The van der Waals surface area contributed by atoms with E-state index in [1.165, 1.54) is 6.20 Å². The molecule has 0 spiro atoms. The van der Waals surface area contributed by atoms with Crippen molar-refractivity contribution in [1.29, 1.82) is 0 Å². The molecule has 1 unspecified atom stereocenters. The Labute approximate surface area is 151 Å². The van der Waals surface area contributed by atoms with Gasteiger partial charge in [0.2, 0.25) is 0 Å². The summed E-state index contributed by atoms with van der Waals surface area (Å²) in [4.78, 5) is 16.3. The first-order valence-electron chi connectivity index (χ1n) is 7.25. The molecule has 0 aliphatic rings. The Bertz CT molecular complexity index is 823. The number of hydrogen-bond donors (Lipinski definition) is 2. The minimum atomic E-state index is -4.68. The largest absolute Gasteiger partial charge is 0.480 e. The summed E-state index contributed by atoms with van der Waals surface area (Å²) in [6.07, 6.45) is -5.50. The maximum absolute atomic E-state index is 13.8. The molecule has 0 saturated heterocycles. The lowest BCUT2D eigenvalue weighted by Gasteiger charge is -2.20. The fourth-order valence-electron chi connectivity index (χ4n) is 1.96. The molecule has 0 saturated carbocycles. The second kappa shape index (κ2) is 7.36. The first-order chi connectivity index (χ1) is 12.0. The number of amides is 1. The third kappa shape index (κ3) is 4.34. The minimum absolute atomic E-state index is 0.0274. The van der Waals surface area contributed by atoms with Crippen molar-refractivity contribution in [3.63, 3.8) is 0 Å². The highest BCUT2D eigenvalue weighted by molar-refractivity contribution is 6.33. The molecule has 1 amide bonds. The van der Waals surface area contributed by atoms with Crippen molar-refractivity contribution in [3.05, 3.63) is 46.5 Å². The molecule has 0 aliphatic heterocycles. The van der Waals surface area contributed by atoms with Crippen LogP contribution in [0.15, 0.2) is 24.4 Å². The quantitative estimate of drug-likeness (QED) is 0.461. The first-order valence-corrected chi connectivity index (χ1v) is 7.63. The van der Waals surface area contributed by atoms with E-state index < -0.39 is 41.0 Å². The van der Waals surface area contributed by atoms with E-state index >= 15 is 0 Å². The van der Waals surface area contributed by atoms with Crippen molar-refractivity contribution >= 4 is 28.9 Å². The average molecular weight is 392 g/mol. The number of pyridine rings is 1. The van der Waals surface area contributed by atoms with Crippen molar-refractivity contribution in [2.45, 2.75) is 26.1 Å². The van der Waals surface area contributed by atoms with Crippen molar-refractivity contribution in [2.24, 2.45) is 0 Å². The van der Waals surface area contributed by atoms with Crippen molar-refractivity contribution < 1.29 is 27.1 Å². The van der Waals surface area contributed by atoms with Gasteiger partial charge in [-0.2, -0.15) is 13.2 Å². The number of rotatable bonds is 4. The number of ether oxygens (including phenoxy) is 1. The van der Waals surface area contributed by atoms with E-state index in [1.54, 1.807) is 13.0 Å². The molecule has 2 aromatic rings. The van der Waals surface area contributed by atoms with Crippen LogP contribution in [0, 0.1) is 12.7 Å². The Morgan fingerprint density at radius 3 is 2.62 bits per heavy atom. The van der Waals surface area contributed by atoms with Crippen LogP contribution in [0.2, 0.25) is 5.15 Å². The Balaban J connectivity index is 2.41. The summed E-state index contributed by atoms with van der Waals surface area (Å²) in [6.45, 7) is 2.39. The van der Waals surface area contributed by atoms with E-state index in [-0.39, 0.29) is 10.8 Å². The van der Waals surface area contributed by atoms with Gasteiger partial charge < -0.3 is 15.8 Å². The Hall–Kier alpha value is -2.55. The number of nitrogens with zero attached hydrogens (tertiary/aromatic N) is 1. The SMILES string of the molecule is Cc1ccnc(Cl)c1NC(=O)c1cc(F)c(N)cc1OC(C)C(F)(F)F. The van der Waals surface area contributed by atoms with Crippen LogP contribution >= 0.6 is 11.6 Å². The fourth-order valence-corrected chi connectivity index (χ4v) is 2.21. The summed E-state index contributed by atoms with van der Waals surface area (Å²) >= 11 is 5.90. The van der Waals surface area contributed by atoms with Crippen LogP contribution in [0.3, 0.4) is 0 Å². The van der Waals surface area contributed by atoms with Gasteiger partial charge in [0.05, 0.1) is 16.9 Å². The predicted molar refractivity (Wildman–Crippen MR) is 88.9 cm³/mol. The minimum Gasteiger partial charge on any atom is -0.480 e. The summed E-state index contributed by atoms with van der Waals surface area (Å²) in [7, 11) is 0. The molecule has 0 radical (unpaired) electrons. The van der Waals surface area contributed by atoms with Crippen LogP contribution < -0.4 is 15.8 Å². The van der Waals surface area contributed by atoms with E-state index in [0.29, 0.717) is 11.6 Å². The van der Waals surface area contributed by atoms with Gasteiger partial charge >= 0.3 is 6.18 Å². The maximum atomic E-state index is 13.8. The monoisotopic (exact) mass is 391 g/mol. The fraction of sp³-hybridized carbons (Fsp3) is 0.250. The smallest absolute Gasteiger partial charge is 0.425 e. The molecule has 1 atom stereocenters. The van der Waals surface area contributed by atoms with E-state index in [2.05, 4.69) is 10.3 Å². The summed E-state index contributed by atoms with van der Waals surface area (Å²) < 4.78 is 56.8. The molecule has 26 heavy (non-hydrogen) atoms. The number of benzene rings is 1. The Morgan fingerprint density at radius 2 is 2.04 bits per heavy atom. The lowest BCUT2D eigenvalue weighted by molar-refractivity contribution is -0.189. The van der Waals surface area contributed by atoms with E-state index in [4.69, 9.17) is 22.1 Å². The predicted octanol–water partition coefficient (Wildman–Crippen LogP) is 4.35. The van der Waals surface area contributed by atoms with Crippen LogP contribution in [0.5, 0.6) is 5.75 Å². The van der Waals surface area contributed by atoms with E-state index in [1.807, 2.05) is 0 Å². The summed E-state index contributed by atoms with van der Waals surface area (Å²) in [5, 5.41) is 2.36. The molecular weight excluding hydrogens is 378 g/mol. The van der Waals surface area contributed by atoms with Crippen LogP contribution in [-0.4, -0.2) is 23.2 Å². The van der Waals surface area contributed by atoms with Crippen LogP contribution in [-0.2, 0) is 0 Å². The Kier molecular flexibility index (Phi) is 5.60. The molecule has 1 heterocycles. The van der Waals surface area contributed by atoms with Crippen molar-refractivity contribution in [1.82, 2.24) is 4.98 Å². The normalized spacial score (nSPS) is 12.6. The molecule has 0 bridgehead atoms. The number of alkyl halides is 3. The number of anilines is 2. The summed E-state index contributed by atoms with van der Waals surface area (Å²) in [5.41, 5.74) is 5.15. The molecule has 5 nitrogen and oxygen atoms in total. The highest BCUT2D eigenvalue weighted by Crippen LogP contribution is 2.31. The highest BCUT2D eigenvalue weighted by atomic mass is 35.5. The zero-order valence-electron chi connectivity index (χ0n) is 13.6. The lowest BCUT2D eigenvalue weighted by Crippen LogP contribution is -2.32. The number of carbonyl (C=O) groups excluding carboxylic acids is 1. The second-order valence-electron chi connectivity index (χ2n) is 5.42. The molecule has 140 valence electrons. The van der Waals surface area contributed by atoms with Crippen molar-refractivity contribution in [2.75, 3.05) is 11.1 Å². The Morgan fingerprint density at radius 1 is 1.38 bits per heavy atom. The first kappa shape index (κ1) is 19.8. The number of aryl methyl sites for hydroxylation is 1. The zero-order valence-corrected chi connectivity index (χ0v) is 14.4. The molecule has 2 rings (SSSR count). The average Bonchev–Trinajstić information content (AvgIpc) is 2.53. The summed E-state index contributed by atoms with van der Waals surface area (Å²) in [6, 6.07) is 3.08. The third-order valence-corrected chi connectivity index (χ3v) is 3.75. The molecule has 0 fully saturated rings. The number of hydrogen-bond acceptors (Lipinski definition) is 4. The van der Waals surface area contributed by atoms with Gasteiger partial charge in [-0.1, -0.05) is 11.6 Å². The summed E-state index contributed by atoms with van der Waals surface area (Å²) in [5.74, 6) is -2.41. The van der Waals surface area contributed by atoms with Crippen LogP contribution in [0.4, 0.5) is 28.9 Å². The number of nitrogens with two attached hydrogens (primary N) is 1. The number of halogens is 5. The lowest BCUT2D eigenvalue weighted by atomic mass is 10.1. The molecule has 3 N–H and O–H groups in total. The topological polar surface area (TPSA) is 77.2 Å². The third-order valence-electron chi connectivity index (χ3n) is 3.46. The second-order valence-corrected chi connectivity index (χ2v) is 5.78. The highest BCUT2D eigenvalue weighted by Gasteiger charge is 2.38. The molecule has 1 aromatic carbocycles. The van der Waals surface area contributed by atoms with Gasteiger partial charge in [-0.15, -0.1) is 0 Å². The van der Waals surface area contributed by atoms with Gasteiger partial charge in [-0.25, -0.2) is 9.37 Å². The van der Waals surface area contributed by atoms with Crippen LogP contribution in [0.25, 0.3) is 0 Å². The van der Waals surface area contributed by atoms with Gasteiger partial charge in [-0.05, 0) is 31.5 Å². The molecular formula is C16H14ClF4N3O2. The van der Waals surface area contributed by atoms with E-state index in [0.717, 1.165) is 13.0 Å². The van der Waals surface area contributed by atoms with Gasteiger partial charge in [0.25, 0.3) is 5.91 Å². The van der Waals surface area contributed by atoms with Crippen LogP contribution in [0.1, 0.15) is 22.8 Å². The number of carbonyl (C=O) groups is 1. The zero-order chi connectivity index (χ0) is 19.6. The van der Waals surface area contributed by atoms with Gasteiger partial charge in [0.1, 0.15) is 11.6 Å². The standard InChI is InChI=1S/C16H14ClF4N3O2/c1-7-3-4-23-14(17)13(7)24-15(25)9-5-10(18)11(22)6-12(9)26-8(2)16(19,20)21/h3-6,8H,22H2,1-2H3,(H,24,25). The number of nitrogen functional groups attached to an aromatic ring is 1. The van der Waals surface area contributed by atoms with Gasteiger partial charge in [0.15, 0.2) is 11.3 Å². The number of nitrogens with one attached hydrogen (secondary N) is 1. The van der Waals surface area contributed by atoms with Gasteiger partial charge in [-0.3, -0.25) is 4.79 Å².